The highest BCUT2D eigenvalue weighted by molar-refractivity contribution is 5.66. The largest absolute Gasteiger partial charge is 0.399 e. The maximum absolute atomic E-state index is 5.81. The number of nitrogens with zero attached hydrogens (tertiary/aromatic N) is 3. The van der Waals surface area contributed by atoms with Crippen molar-refractivity contribution in [3.8, 4) is 22.8 Å². The molecule has 2 aromatic carbocycles. The van der Waals surface area contributed by atoms with Crippen LogP contribution in [0.4, 0.5) is 5.69 Å². The van der Waals surface area contributed by atoms with Gasteiger partial charge in [0.1, 0.15) is 0 Å². The maximum Gasteiger partial charge on any atom is 0.181 e. The van der Waals surface area contributed by atoms with Crippen LogP contribution in [-0.2, 0) is 7.05 Å². The normalized spacial score (nSPS) is 10.7. The Morgan fingerprint density at radius 3 is 2.60 bits per heavy atom. The van der Waals surface area contributed by atoms with Crippen LogP contribution in [0.3, 0.4) is 0 Å². The average molecular weight is 264 g/mol. The van der Waals surface area contributed by atoms with Crippen LogP contribution in [0, 0.1) is 6.92 Å². The van der Waals surface area contributed by atoms with E-state index in [0.717, 1.165) is 17.0 Å². The van der Waals surface area contributed by atoms with Gasteiger partial charge in [0.25, 0.3) is 0 Å². The van der Waals surface area contributed by atoms with Crippen LogP contribution >= 0.6 is 0 Å². The van der Waals surface area contributed by atoms with E-state index in [2.05, 4.69) is 29.1 Å². The van der Waals surface area contributed by atoms with E-state index in [4.69, 9.17) is 5.73 Å². The fraction of sp³-hybridized carbons (Fsp3) is 0.125. The second-order valence-corrected chi connectivity index (χ2v) is 4.82. The summed E-state index contributed by atoms with van der Waals surface area (Å²) in [5, 5.41) is 4.49. The smallest absolute Gasteiger partial charge is 0.181 e. The van der Waals surface area contributed by atoms with Gasteiger partial charge in [-0.15, -0.1) is 0 Å². The second-order valence-electron chi connectivity index (χ2n) is 4.82. The van der Waals surface area contributed by atoms with Gasteiger partial charge in [-0.3, -0.25) is 0 Å². The number of aryl methyl sites for hydroxylation is 2. The van der Waals surface area contributed by atoms with E-state index in [-0.39, 0.29) is 0 Å². The molecule has 4 nitrogen and oxygen atoms in total. The molecule has 1 heterocycles. The minimum absolute atomic E-state index is 0.693. The number of nitrogens with two attached hydrogens (primary N) is 1. The standard InChI is InChI=1S/C16H16N4/c1-11-6-3-4-9-14(11)16-18-15(19-20(16)2)12-7-5-8-13(17)10-12/h3-10H,17H2,1-2H3. The lowest BCUT2D eigenvalue weighted by molar-refractivity contribution is 0.777. The molecule has 0 spiro atoms. The van der Waals surface area contributed by atoms with Crippen LogP contribution in [0.15, 0.2) is 48.5 Å². The monoisotopic (exact) mass is 264 g/mol. The van der Waals surface area contributed by atoms with Crippen LogP contribution < -0.4 is 5.73 Å². The maximum atomic E-state index is 5.81. The summed E-state index contributed by atoms with van der Waals surface area (Å²) in [6, 6.07) is 15.8. The van der Waals surface area contributed by atoms with Crippen molar-refractivity contribution in [3.05, 3.63) is 54.1 Å². The number of anilines is 1. The third-order valence-corrected chi connectivity index (χ3v) is 3.29. The summed E-state index contributed by atoms with van der Waals surface area (Å²) in [7, 11) is 1.91. The Hall–Kier alpha value is -2.62. The van der Waals surface area contributed by atoms with Gasteiger partial charge in [-0.05, 0) is 24.6 Å². The quantitative estimate of drug-likeness (QED) is 0.724. The highest BCUT2D eigenvalue weighted by Gasteiger charge is 2.12. The van der Waals surface area contributed by atoms with Crippen molar-refractivity contribution >= 4 is 5.69 Å². The molecule has 0 aliphatic rings. The van der Waals surface area contributed by atoms with Crippen LogP contribution in [0.1, 0.15) is 5.56 Å². The Morgan fingerprint density at radius 1 is 1.05 bits per heavy atom. The zero-order valence-electron chi connectivity index (χ0n) is 11.5. The van der Waals surface area contributed by atoms with Gasteiger partial charge in [0.2, 0.25) is 0 Å². The molecule has 0 saturated heterocycles. The second kappa shape index (κ2) is 4.81. The fourth-order valence-corrected chi connectivity index (χ4v) is 2.24. The molecule has 0 unspecified atom stereocenters. The van der Waals surface area contributed by atoms with Gasteiger partial charge in [0, 0.05) is 23.9 Å². The highest BCUT2D eigenvalue weighted by Crippen LogP contribution is 2.24. The molecule has 0 saturated carbocycles. The molecular weight excluding hydrogens is 248 g/mol. The molecule has 0 aliphatic heterocycles. The van der Waals surface area contributed by atoms with E-state index < -0.39 is 0 Å². The van der Waals surface area contributed by atoms with E-state index in [0.29, 0.717) is 11.5 Å². The van der Waals surface area contributed by atoms with Crippen molar-refractivity contribution < 1.29 is 0 Å². The van der Waals surface area contributed by atoms with Crippen LogP contribution in [-0.4, -0.2) is 14.8 Å². The molecule has 20 heavy (non-hydrogen) atoms. The summed E-state index contributed by atoms with van der Waals surface area (Å²) in [4.78, 5) is 4.65. The lowest BCUT2D eigenvalue weighted by atomic mass is 10.1. The molecule has 3 aromatic rings. The predicted octanol–water partition coefficient (Wildman–Crippen LogP) is 3.04. The first-order valence-corrected chi connectivity index (χ1v) is 6.48. The predicted molar refractivity (Wildman–Crippen MR) is 81.0 cm³/mol. The van der Waals surface area contributed by atoms with Crippen molar-refractivity contribution in [3.63, 3.8) is 0 Å². The van der Waals surface area contributed by atoms with Gasteiger partial charge in [0.15, 0.2) is 11.6 Å². The van der Waals surface area contributed by atoms with Crippen molar-refractivity contribution in [1.82, 2.24) is 14.8 Å². The first-order valence-electron chi connectivity index (χ1n) is 6.48. The van der Waals surface area contributed by atoms with Gasteiger partial charge in [-0.1, -0.05) is 36.4 Å². The first kappa shape index (κ1) is 12.4. The van der Waals surface area contributed by atoms with Crippen LogP contribution in [0.2, 0.25) is 0 Å². The molecule has 0 aliphatic carbocycles. The van der Waals surface area contributed by atoms with E-state index in [9.17, 15) is 0 Å². The number of aromatic nitrogens is 3. The van der Waals surface area contributed by atoms with E-state index >= 15 is 0 Å². The Balaban J connectivity index is 2.10. The van der Waals surface area contributed by atoms with Crippen LogP contribution in [0.5, 0.6) is 0 Å². The Labute approximate surface area is 117 Å². The molecule has 0 bridgehead atoms. The lowest BCUT2D eigenvalue weighted by Crippen LogP contribution is -1.95. The number of rotatable bonds is 2. The number of hydrogen-bond acceptors (Lipinski definition) is 3. The van der Waals surface area contributed by atoms with Crippen LogP contribution in [0.25, 0.3) is 22.8 Å². The molecule has 3 rings (SSSR count). The SMILES string of the molecule is Cc1ccccc1-c1nc(-c2cccc(N)c2)nn1C. The van der Waals surface area contributed by atoms with Gasteiger partial charge in [-0.2, -0.15) is 5.10 Å². The summed E-state index contributed by atoms with van der Waals surface area (Å²) in [6.07, 6.45) is 0. The third-order valence-electron chi connectivity index (χ3n) is 3.29. The first-order chi connectivity index (χ1) is 9.65. The fourth-order valence-electron chi connectivity index (χ4n) is 2.24. The lowest BCUT2D eigenvalue weighted by Gasteiger charge is -2.03. The van der Waals surface area contributed by atoms with Crippen molar-refractivity contribution in [1.29, 1.82) is 0 Å². The van der Waals surface area contributed by atoms with Gasteiger partial charge < -0.3 is 5.73 Å². The summed E-state index contributed by atoms with van der Waals surface area (Å²) >= 11 is 0. The van der Waals surface area contributed by atoms with Gasteiger partial charge >= 0.3 is 0 Å². The van der Waals surface area contributed by atoms with Gasteiger partial charge in [0.05, 0.1) is 0 Å². The van der Waals surface area contributed by atoms with E-state index in [1.807, 2.05) is 43.4 Å². The molecule has 0 radical (unpaired) electrons. The Kier molecular flexibility index (Phi) is 2.99. The molecular formula is C16H16N4. The number of nitrogen functional groups attached to an aromatic ring is 1. The van der Waals surface area contributed by atoms with Gasteiger partial charge in [-0.25, -0.2) is 9.67 Å². The Bertz CT molecular complexity index is 759. The number of hydrogen-bond donors (Lipinski definition) is 1. The topological polar surface area (TPSA) is 56.7 Å². The molecule has 100 valence electrons. The number of benzene rings is 2. The summed E-state index contributed by atoms with van der Waals surface area (Å²) in [5.74, 6) is 1.55. The molecule has 0 fully saturated rings. The molecule has 0 atom stereocenters. The highest BCUT2D eigenvalue weighted by atomic mass is 15.3. The van der Waals surface area contributed by atoms with Crippen molar-refractivity contribution in [2.24, 2.45) is 7.05 Å². The zero-order valence-corrected chi connectivity index (χ0v) is 11.5. The molecule has 2 N–H and O–H groups in total. The summed E-state index contributed by atoms with van der Waals surface area (Å²) in [5.41, 5.74) is 9.74. The minimum atomic E-state index is 0.693. The third kappa shape index (κ3) is 2.16. The average Bonchev–Trinajstić information content (AvgIpc) is 2.81. The molecule has 1 aromatic heterocycles. The van der Waals surface area contributed by atoms with E-state index in [1.165, 1.54) is 5.56 Å². The zero-order chi connectivity index (χ0) is 14.1. The van der Waals surface area contributed by atoms with Crippen molar-refractivity contribution in [2.75, 3.05) is 5.73 Å². The summed E-state index contributed by atoms with van der Waals surface area (Å²) < 4.78 is 1.81. The summed E-state index contributed by atoms with van der Waals surface area (Å²) in [6.45, 7) is 2.07. The van der Waals surface area contributed by atoms with E-state index in [1.54, 1.807) is 4.68 Å². The molecule has 0 amide bonds. The Morgan fingerprint density at radius 2 is 1.85 bits per heavy atom. The van der Waals surface area contributed by atoms with Crippen molar-refractivity contribution in [2.45, 2.75) is 6.92 Å². The minimum Gasteiger partial charge on any atom is -0.399 e. The molecule has 4 heteroatoms.